The summed E-state index contributed by atoms with van der Waals surface area (Å²) in [5.74, 6) is 0.343. The highest BCUT2D eigenvalue weighted by molar-refractivity contribution is 14.1. The quantitative estimate of drug-likeness (QED) is 0.387. The Morgan fingerprint density at radius 1 is 1.50 bits per heavy atom. The van der Waals surface area contributed by atoms with E-state index in [1.807, 2.05) is 22.6 Å². The number of methoxy groups -OCH3 is 1. The molecule has 0 aromatic heterocycles. The Labute approximate surface area is 100 Å². The highest BCUT2D eigenvalue weighted by Gasteiger charge is 2.13. The van der Waals surface area contributed by atoms with E-state index in [-0.39, 0.29) is 5.82 Å². The first-order valence-electron chi connectivity index (χ1n) is 2.95. The summed E-state index contributed by atoms with van der Waals surface area (Å²) < 4.78 is 19.8. The molecule has 0 N–H and O–H groups in total. The number of benzene rings is 1. The van der Waals surface area contributed by atoms with Gasteiger partial charge in [0.1, 0.15) is 11.6 Å². The van der Waals surface area contributed by atoms with E-state index in [9.17, 15) is 4.39 Å². The predicted molar refractivity (Wildman–Crippen MR) is 61.1 cm³/mol. The van der Waals surface area contributed by atoms with Crippen molar-refractivity contribution in [1.82, 2.24) is 0 Å². The topological polar surface area (TPSA) is 9.23 Å². The lowest BCUT2D eigenvalue weighted by Crippen LogP contribution is -1.91. The SMILES string of the molecule is COc1c(Br)cc(F)c(I)c1Br. The van der Waals surface area contributed by atoms with Gasteiger partial charge in [-0.25, -0.2) is 4.39 Å². The highest BCUT2D eigenvalue weighted by Crippen LogP contribution is 2.37. The molecule has 1 aromatic carbocycles. The molecule has 5 heteroatoms. The molecular weight excluding hydrogens is 406 g/mol. The van der Waals surface area contributed by atoms with Gasteiger partial charge in [-0.15, -0.1) is 0 Å². The standard InChI is InChI=1S/C7H4Br2FIO/c1-12-7-3(8)2-4(10)6(11)5(7)9/h2H,1H3. The van der Waals surface area contributed by atoms with Gasteiger partial charge >= 0.3 is 0 Å². The van der Waals surface area contributed by atoms with E-state index in [1.165, 1.54) is 6.07 Å². The number of hydrogen-bond donors (Lipinski definition) is 0. The van der Waals surface area contributed by atoms with E-state index in [2.05, 4.69) is 31.9 Å². The Kier molecular flexibility index (Phi) is 3.78. The summed E-state index contributed by atoms with van der Waals surface area (Å²) in [6, 6.07) is 1.38. The molecule has 0 saturated heterocycles. The lowest BCUT2D eigenvalue weighted by atomic mass is 10.3. The van der Waals surface area contributed by atoms with Crippen LogP contribution in [0.1, 0.15) is 0 Å². The van der Waals surface area contributed by atoms with E-state index >= 15 is 0 Å². The van der Waals surface area contributed by atoms with Crippen molar-refractivity contribution < 1.29 is 9.13 Å². The smallest absolute Gasteiger partial charge is 0.148 e. The van der Waals surface area contributed by atoms with Crippen LogP contribution in [0.15, 0.2) is 15.0 Å². The van der Waals surface area contributed by atoms with Gasteiger partial charge in [-0.05, 0) is 60.5 Å². The molecule has 0 unspecified atom stereocenters. The fourth-order valence-corrected chi connectivity index (χ4v) is 2.53. The largest absolute Gasteiger partial charge is 0.494 e. The zero-order chi connectivity index (χ0) is 9.30. The third kappa shape index (κ3) is 1.93. The molecule has 0 spiro atoms. The second-order valence-corrected chi connectivity index (χ2v) is 4.73. The van der Waals surface area contributed by atoms with Crippen LogP contribution < -0.4 is 4.74 Å². The van der Waals surface area contributed by atoms with Gasteiger partial charge in [0.15, 0.2) is 0 Å². The van der Waals surface area contributed by atoms with Gasteiger partial charge in [-0.1, -0.05) is 0 Å². The van der Waals surface area contributed by atoms with Crippen LogP contribution in [0, 0.1) is 9.39 Å². The molecule has 1 nitrogen and oxygen atoms in total. The van der Waals surface area contributed by atoms with Gasteiger partial charge in [-0.3, -0.25) is 0 Å². The Balaban J connectivity index is 3.40. The van der Waals surface area contributed by atoms with E-state index in [1.54, 1.807) is 7.11 Å². The molecule has 0 aliphatic carbocycles. The Bertz CT molecular complexity index is 317. The highest BCUT2D eigenvalue weighted by atomic mass is 127. The summed E-state index contributed by atoms with van der Waals surface area (Å²) in [5.41, 5.74) is 0. The number of hydrogen-bond acceptors (Lipinski definition) is 1. The summed E-state index contributed by atoms with van der Waals surface area (Å²) in [4.78, 5) is 0. The third-order valence-electron chi connectivity index (χ3n) is 1.28. The van der Waals surface area contributed by atoms with Crippen molar-refractivity contribution in [1.29, 1.82) is 0 Å². The second kappa shape index (κ2) is 4.23. The lowest BCUT2D eigenvalue weighted by Gasteiger charge is -2.07. The van der Waals surface area contributed by atoms with Crippen molar-refractivity contribution in [2.75, 3.05) is 7.11 Å². The Hall–Kier alpha value is 0.640. The molecule has 66 valence electrons. The zero-order valence-electron chi connectivity index (χ0n) is 6.00. The molecule has 12 heavy (non-hydrogen) atoms. The first-order valence-corrected chi connectivity index (χ1v) is 5.61. The molecular formula is C7H4Br2FIO. The summed E-state index contributed by atoms with van der Waals surface area (Å²) in [7, 11) is 1.54. The summed E-state index contributed by atoms with van der Waals surface area (Å²) in [6.07, 6.45) is 0. The van der Waals surface area contributed by atoms with Gasteiger partial charge in [0, 0.05) is 0 Å². The Morgan fingerprint density at radius 2 is 2.08 bits per heavy atom. The van der Waals surface area contributed by atoms with Crippen LogP contribution >= 0.6 is 54.5 Å². The molecule has 0 radical (unpaired) electrons. The van der Waals surface area contributed by atoms with Crippen molar-refractivity contribution in [3.8, 4) is 5.75 Å². The maximum Gasteiger partial charge on any atom is 0.148 e. The summed E-state index contributed by atoms with van der Waals surface area (Å²) >= 11 is 8.35. The normalized spacial score (nSPS) is 10.1. The van der Waals surface area contributed by atoms with Crippen molar-refractivity contribution in [2.45, 2.75) is 0 Å². The van der Waals surface area contributed by atoms with E-state index in [0.717, 1.165) is 0 Å². The Morgan fingerprint density at radius 3 is 2.58 bits per heavy atom. The number of halogens is 4. The minimum atomic E-state index is -0.268. The van der Waals surface area contributed by atoms with Crippen LogP contribution in [0.3, 0.4) is 0 Å². The maximum absolute atomic E-state index is 13.0. The molecule has 0 aliphatic heterocycles. The van der Waals surface area contributed by atoms with Crippen LogP contribution in [-0.4, -0.2) is 7.11 Å². The van der Waals surface area contributed by atoms with Crippen LogP contribution in [0.5, 0.6) is 5.75 Å². The minimum absolute atomic E-state index is 0.268. The summed E-state index contributed by atoms with van der Waals surface area (Å²) in [6.45, 7) is 0. The predicted octanol–water partition coefficient (Wildman–Crippen LogP) is 3.96. The van der Waals surface area contributed by atoms with Crippen molar-refractivity contribution >= 4 is 54.5 Å². The van der Waals surface area contributed by atoms with Crippen LogP contribution in [0.2, 0.25) is 0 Å². The molecule has 1 rings (SSSR count). The molecule has 0 aliphatic rings. The molecule has 0 bridgehead atoms. The molecule has 0 fully saturated rings. The van der Waals surface area contributed by atoms with Gasteiger partial charge in [0.05, 0.1) is 19.6 Å². The van der Waals surface area contributed by atoms with Gasteiger partial charge in [0.2, 0.25) is 0 Å². The molecule has 0 saturated carbocycles. The average Bonchev–Trinajstić information content (AvgIpc) is 2.01. The van der Waals surface area contributed by atoms with Crippen molar-refractivity contribution in [3.05, 3.63) is 24.4 Å². The van der Waals surface area contributed by atoms with E-state index in [4.69, 9.17) is 4.74 Å². The van der Waals surface area contributed by atoms with Crippen molar-refractivity contribution in [2.24, 2.45) is 0 Å². The molecule has 0 amide bonds. The van der Waals surface area contributed by atoms with Crippen molar-refractivity contribution in [3.63, 3.8) is 0 Å². The number of rotatable bonds is 1. The van der Waals surface area contributed by atoms with E-state index in [0.29, 0.717) is 18.3 Å². The van der Waals surface area contributed by atoms with Crippen LogP contribution in [-0.2, 0) is 0 Å². The average molecular weight is 410 g/mol. The van der Waals surface area contributed by atoms with Crippen LogP contribution in [0.4, 0.5) is 4.39 Å². The molecule has 1 aromatic rings. The van der Waals surface area contributed by atoms with Gasteiger partial charge in [-0.2, -0.15) is 0 Å². The van der Waals surface area contributed by atoms with Crippen LogP contribution in [0.25, 0.3) is 0 Å². The fraction of sp³-hybridized carbons (Fsp3) is 0.143. The minimum Gasteiger partial charge on any atom is -0.494 e. The van der Waals surface area contributed by atoms with Gasteiger partial charge in [0.25, 0.3) is 0 Å². The monoisotopic (exact) mass is 408 g/mol. The number of ether oxygens (including phenoxy) is 1. The van der Waals surface area contributed by atoms with E-state index < -0.39 is 0 Å². The zero-order valence-corrected chi connectivity index (χ0v) is 11.3. The first-order chi connectivity index (χ1) is 5.57. The fourth-order valence-electron chi connectivity index (χ4n) is 0.737. The maximum atomic E-state index is 13.0. The van der Waals surface area contributed by atoms with Gasteiger partial charge < -0.3 is 4.74 Å². The third-order valence-corrected chi connectivity index (χ3v) is 4.42. The second-order valence-electron chi connectivity index (χ2n) is 2.00. The molecule has 0 atom stereocenters. The summed E-state index contributed by atoms with van der Waals surface area (Å²) in [5, 5.41) is 0. The lowest BCUT2D eigenvalue weighted by molar-refractivity contribution is 0.407. The molecule has 0 heterocycles. The first kappa shape index (κ1) is 10.7.